The van der Waals surface area contributed by atoms with Gasteiger partial charge in [-0.2, -0.15) is 0 Å². The molecule has 4 nitrogen and oxygen atoms in total. The van der Waals surface area contributed by atoms with Crippen LogP contribution in [0.25, 0.3) is 10.6 Å². The second kappa shape index (κ2) is 6.61. The largest absolute Gasteiger partial charge is 0.381 e. The fourth-order valence-corrected chi connectivity index (χ4v) is 4.51. The van der Waals surface area contributed by atoms with E-state index in [1.54, 1.807) is 23.5 Å². The summed E-state index contributed by atoms with van der Waals surface area (Å²) in [5.41, 5.74) is 1.99. The maximum Gasteiger partial charge on any atom is 0.226 e. The van der Waals surface area contributed by atoms with Gasteiger partial charge >= 0.3 is 0 Å². The lowest BCUT2D eigenvalue weighted by atomic mass is 9.97. The normalized spacial score (nSPS) is 23.0. The van der Waals surface area contributed by atoms with Gasteiger partial charge in [0.2, 0.25) is 5.91 Å². The standard InChI is InChI=1S/C18H19FN2O2S/c19-13-6-4-11(5-7-13)18-21-15-3-1-2-14(16(15)24-18)20-17(22)12-8-9-23-10-12/h4-7,12,14H,1-3,8-10H2,(H,20,22). The molecule has 1 fully saturated rings. The van der Waals surface area contributed by atoms with Crippen molar-refractivity contribution in [3.8, 4) is 10.6 Å². The lowest BCUT2D eigenvalue weighted by Crippen LogP contribution is -2.35. The van der Waals surface area contributed by atoms with Gasteiger partial charge in [-0.25, -0.2) is 9.37 Å². The van der Waals surface area contributed by atoms with Crippen molar-refractivity contribution in [3.05, 3.63) is 40.7 Å². The van der Waals surface area contributed by atoms with E-state index in [0.717, 1.165) is 46.8 Å². The maximum atomic E-state index is 13.1. The second-order valence-corrected chi connectivity index (χ2v) is 7.38. The number of fused-ring (bicyclic) bond motifs is 1. The number of aromatic nitrogens is 1. The summed E-state index contributed by atoms with van der Waals surface area (Å²) in [4.78, 5) is 18.3. The van der Waals surface area contributed by atoms with Crippen molar-refractivity contribution in [1.82, 2.24) is 10.3 Å². The molecule has 1 amide bonds. The quantitative estimate of drug-likeness (QED) is 0.926. The van der Waals surface area contributed by atoms with Crippen LogP contribution in [-0.2, 0) is 16.0 Å². The van der Waals surface area contributed by atoms with Gasteiger partial charge in [0, 0.05) is 12.2 Å². The van der Waals surface area contributed by atoms with Crippen molar-refractivity contribution < 1.29 is 13.9 Å². The number of benzene rings is 1. The van der Waals surface area contributed by atoms with Crippen molar-refractivity contribution in [2.24, 2.45) is 5.92 Å². The van der Waals surface area contributed by atoms with Gasteiger partial charge in [-0.3, -0.25) is 4.79 Å². The van der Waals surface area contributed by atoms with Crippen LogP contribution in [0.2, 0.25) is 0 Å². The molecule has 0 radical (unpaired) electrons. The fraction of sp³-hybridized carbons (Fsp3) is 0.444. The summed E-state index contributed by atoms with van der Waals surface area (Å²) in [5, 5.41) is 4.08. The number of carbonyl (C=O) groups is 1. The lowest BCUT2D eigenvalue weighted by molar-refractivity contribution is -0.125. The Morgan fingerprint density at radius 3 is 2.88 bits per heavy atom. The minimum absolute atomic E-state index is 0.0279. The smallest absolute Gasteiger partial charge is 0.226 e. The zero-order valence-electron chi connectivity index (χ0n) is 13.3. The van der Waals surface area contributed by atoms with E-state index < -0.39 is 0 Å². The molecule has 2 aliphatic rings. The van der Waals surface area contributed by atoms with Crippen molar-refractivity contribution in [3.63, 3.8) is 0 Å². The predicted molar refractivity (Wildman–Crippen MR) is 90.3 cm³/mol. The van der Waals surface area contributed by atoms with Gasteiger partial charge in [-0.05, 0) is 49.9 Å². The highest BCUT2D eigenvalue weighted by Gasteiger charge is 2.30. The Labute approximate surface area is 144 Å². The Morgan fingerprint density at radius 2 is 2.12 bits per heavy atom. The van der Waals surface area contributed by atoms with Gasteiger partial charge in [0.1, 0.15) is 10.8 Å². The summed E-state index contributed by atoms with van der Waals surface area (Å²) in [6.45, 7) is 1.19. The first-order valence-electron chi connectivity index (χ1n) is 8.34. The summed E-state index contributed by atoms with van der Waals surface area (Å²) in [6, 6.07) is 6.45. The highest BCUT2D eigenvalue weighted by molar-refractivity contribution is 7.15. The van der Waals surface area contributed by atoms with Crippen molar-refractivity contribution >= 4 is 17.2 Å². The number of amides is 1. The molecule has 126 valence electrons. The number of thiazole rings is 1. The Kier molecular flexibility index (Phi) is 4.33. The molecule has 24 heavy (non-hydrogen) atoms. The van der Waals surface area contributed by atoms with Crippen LogP contribution < -0.4 is 5.32 Å². The molecular weight excluding hydrogens is 327 g/mol. The lowest BCUT2D eigenvalue weighted by Gasteiger charge is -2.23. The molecule has 1 N–H and O–H groups in total. The molecule has 2 aromatic rings. The van der Waals surface area contributed by atoms with E-state index in [1.165, 1.54) is 12.1 Å². The van der Waals surface area contributed by atoms with E-state index in [4.69, 9.17) is 9.72 Å². The van der Waals surface area contributed by atoms with Crippen molar-refractivity contribution in [2.45, 2.75) is 31.7 Å². The Balaban J connectivity index is 1.56. The molecule has 1 aromatic heterocycles. The van der Waals surface area contributed by atoms with Gasteiger partial charge in [0.15, 0.2) is 0 Å². The Hall–Kier alpha value is -1.79. The van der Waals surface area contributed by atoms with E-state index in [1.807, 2.05) is 0 Å². The predicted octanol–water partition coefficient (Wildman–Crippen LogP) is 3.48. The number of halogens is 1. The number of rotatable bonds is 3. The van der Waals surface area contributed by atoms with E-state index in [9.17, 15) is 9.18 Å². The summed E-state index contributed by atoms with van der Waals surface area (Å²) in [6.07, 6.45) is 3.70. The molecule has 1 aromatic carbocycles. The highest BCUT2D eigenvalue weighted by Crippen LogP contribution is 2.38. The first kappa shape index (κ1) is 15.7. The third-order valence-electron chi connectivity index (χ3n) is 4.66. The number of carbonyl (C=O) groups excluding carboxylic acids is 1. The summed E-state index contributed by atoms with van der Waals surface area (Å²) in [5.74, 6) is -0.189. The average molecular weight is 346 g/mol. The minimum atomic E-state index is -0.246. The van der Waals surface area contributed by atoms with Crippen LogP contribution >= 0.6 is 11.3 Å². The van der Waals surface area contributed by atoms with Gasteiger partial charge in [0.25, 0.3) is 0 Å². The summed E-state index contributed by atoms with van der Waals surface area (Å²) in [7, 11) is 0. The van der Waals surface area contributed by atoms with E-state index >= 15 is 0 Å². The average Bonchev–Trinajstić information content (AvgIpc) is 3.25. The van der Waals surface area contributed by atoms with Crippen LogP contribution in [0.4, 0.5) is 4.39 Å². The SMILES string of the molecule is O=C(NC1CCCc2nc(-c3ccc(F)cc3)sc21)C1CCOC1. The molecule has 0 bridgehead atoms. The van der Waals surface area contributed by atoms with Crippen LogP contribution in [0.3, 0.4) is 0 Å². The first-order valence-corrected chi connectivity index (χ1v) is 9.16. The molecule has 4 rings (SSSR count). The maximum absolute atomic E-state index is 13.1. The van der Waals surface area contributed by atoms with Crippen LogP contribution in [0.5, 0.6) is 0 Å². The molecular formula is C18H19FN2O2S. The first-order chi connectivity index (χ1) is 11.7. The summed E-state index contributed by atoms with van der Waals surface area (Å²) < 4.78 is 18.4. The molecule has 1 saturated heterocycles. The van der Waals surface area contributed by atoms with Crippen LogP contribution in [-0.4, -0.2) is 24.1 Å². The van der Waals surface area contributed by atoms with E-state index in [2.05, 4.69) is 5.32 Å². The molecule has 6 heteroatoms. The monoisotopic (exact) mass is 346 g/mol. The van der Waals surface area contributed by atoms with Crippen molar-refractivity contribution in [1.29, 1.82) is 0 Å². The number of nitrogens with one attached hydrogen (secondary N) is 1. The van der Waals surface area contributed by atoms with E-state index in [-0.39, 0.29) is 23.7 Å². The zero-order valence-corrected chi connectivity index (χ0v) is 14.1. The third kappa shape index (κ3) is 3.08. The number of ether oxygens (including phenoxy) is 1. The molecule has 2 atom stereocenters. The van der Waals surface area contributed by atoms with Gasteiger partial charge in [0.05, 0.1) is 29.1 Å². The zero-order chi connectivity index (χ0) is 16.5. The minimum Gasteiger partial charge on any atom is -0.381 e. The molecule has 1 aliphatic heterocycles. The molecule has 2 heterocycles. The van der Waals surface area contributed by atoms with Crippen LogP contribution in [0.1, 0.15) is 35.9 Å². The third-order valence-corrected chi connectivity index (χ3v) is 5.92. The molecule has 1 aliphatic carbocycles. The Morgan fingerprint density at radius 1 is 1.29 bits per heavy atom. The van der Waals surface area contributed by atoms with Crippen LogP contribution in [0, 0.1) is 11.7 Å². The number of aryl methyl sites for hydroxylation is 1. The Bertz CT molecular complexity index is 738. The molecule has 0 spiro atoms. The van der Waals surface area contributed by atoms with Gasteiger partial charge in [-0.1, -0.05) is 0 Å². The van der Waals surface area contributed by atoms with Gasteiger partial charge in [-0.15, -0.1) is 11.3 Å². The fourth-order valence-electron chi connectivity index (χ4n) is 3.30. The second-order valence-electron chi connectivity index (χ2n) is 6.35. The number of hydrogen-bond donors (Lipinski definition) is 1. The van der Waals surface area contributed by atoms with Crippen LogP contribution in [0.15, 0.2) is 24.3 Å². The topological polar surface area (TPSA) is 51.2 Å². The van der Waals surface area contributed by atoms with Gasteiger partial charge < -0.3 is 10.1 Å². The van der Waals surface area contributed by atoms with E-state index in [0.29, 0.717) is 13.2 Å². The highest BCUT2D eigenvalue weighted by atomic mass is 32.1. The molecule has 2 unspecified atom stereocenters. The van der Waals surface area contributed by atoms with Crippen molar-refractivity contribution in [2.75, 3.05) is 13.2 Å². The number of nitrogens with zero attached hydrogens (tertiary/aromatic N) is 1. The number of hydrogen-bond acceptors (Lipinski definition) is 4. The summed E-state index contributed by atoms with van der Waals surface area (Å²) >= 11 is 1.61. The molecule has 0 saturated carbocycles.